The number of carbonyl (C=O) groups excluding carboxylic acids is 2. The Morgan fingerprint density at radius 2 is 1.81 bits per heavy atom. The molecule has 0 aromatic heterocycles. The van der Waals surface area contributed by atoms with Crippen LogP contribution in [-0.2, 0) is 15.8 Å². The van der Waals surface area contributed by atoms with Crippen LogP contribution >= 0.6 is 0 Å². The van der Waals surface area contributed by atoms with E-state index in [1.165, 1.54) is 26.2 Å². The fraction of sp³-hybridized carbons (Fsp3) is 0.263. The third kappa shape index (κ3) is 5.47. The summed E-state index contributed by atoms with van der Waals surface area (Å²) in [5.74, 6) is -0.371. The van der Waals surface area contributed by atoms with Crippen molar-refractivity contribution in [2.24, 2.45) is 0 Å². The first-order valence-corrected chi connectivity index (χ1v) is 8.10. The standard InChI is InChI=1S/C19H19F3N2O3/c1-13(25)24(15-7-5-6-14(12-15)19(20,21)22)11-10-18(26)23-16-8-3-4-9-17(16)27-2/h3-9,12H,10-11H2,1-2H3,(H,23,26). The summed E-state index contributed by atoms with van der Waals surface area (Å²) in [5.41, 5.74) is -0.300. The minimum Gasteiger partial charge on any atom is -0.495 e. The van der Waals surface area contributed by atoms with Crippen molar-refractivity contribution in [3.8, 4) is 5.75 Å². The van der Waals surface area contributed by atoms with Crippen molar-refractivity contribution < 1.29 is 27.5 Å². The van der Waals surface area contributed by atoms with Gasteiger partial charge in [-0.1, -0.05) is 18.2 Å². The number of para-hydroxylation sites is 2. The molecule has 144 valence electrons. The first kappa shape index (κ1) is 20.3. The average Bonchev–Trinajstić information content (AvgIpc) is 2.61. The van der Waals surface area contributed by atoms with Crippen LogP contribution in [0.1, 0.15) is 18.9 Å². The summed E-state index contributed by atoms with van der Waals surface area (Å²) in [6.07, 6.45) is -4.60. The Balaban J connectivity index is 2.09. The van der Waals surface area contributed by atoms with E-state index in [0.717, 1.165) is 17.0 Å². The van der Waals surface area contributed by atoms with Gasteiger partial charge in [0.1, 0.15) is 5.75 Å². The van der Waals surface area contributed by atoms with Crippen molar-refractivity contribution in [1.82, 2.24) is 0 Å². The molecule has 0 saturated carbocycles. The van der Waals surface area contributed by atoms with Crippen LogP contribution in [0.4, 0.5) is 24.5 Å². The van der Waals surface area contributed by atoms with Gasteiger partial charge in [-0.2, -0.15) is 13.2 Å². The smallest absolute Gasteiger partial charge is 0.416 e. The zero-order valence-corrected chi connectivity index (χ0v) is 14.8. The second-order valence-electron chi connectivity index (χ2n) is 5.72. The molecule has 2 aromatic rings. The molecule has 0 atom stereocenters. The molecule has 0 heterocycles. The molecule has 0 aliphatic heterocycles. The molecule has 8 heteroatoms. The van der Waals surface area contributed by atoms with Gasteiger partial charge in [0.25, 0.3) is 0 Å². The van der Waals surface area contributed by atoms with Gasteiger partial charge in [-0.3, -0.25) is 9.59 Å². The Kier molecular flexibility index (Phi) is 6.44. The second-order valence-corrected chi connectivity index (χ2v) is 5.72. The number of hydrogen-bond donors (Lipinski definition) is 1. The van der Waals surface area contributed by atoms with E-state index in [0.29, 0.717) is 11.4 Å². The molecule has 0 saturated heterocycles. The number of ether oxygens (including phenoxy) is 1. The molecule has 0 fully saturated rings. The Bertz CT molecular complexity index is 822. The Labute approximate surface area is 154 Å². The van der Waals surface area contributed by atoms with Crippen LogP contribution in [0.3, 0.4) is 0 Å². The van der Waals surface area contributed by atoms with Crippen LogP contribution in [-0.4, -0.2) is 25.5 Å². The van der Waals surface area contributed by atoms with Crippen LogP contribution in [0.15, 0.2) is 48.5 Å². The normalized spacial score (nSPS) is 11.0. The van der Waals surface area contributed by atoms with Gasteiger partial charge in [0, 0.05) is 25.6 Å². The van der Waals surface area contributed by atoms with E-state index in [4.69, 9.17) is 4.74 Å². The fourth-order valence-corrected chi connectivity index (χ4v) is 2.49. The second kappa shape index (κ2) is 8.57. The highest BCUT2D eigenvalue weighted by molar-refractivity contribution is 5.95. The number of hydrogen-bond acceptors (Lipinski definition) is 3. The number of halogens is 3. The van der Waals surface area contributed by atoms with E-state index in [1.807, 2.05) is 0 Å². The summed E-state index contributed by atoms with van der Waals surface area (Å²) in [6.45, 7) is 1.18. The van der Waals surface area contributed by atoms with Gasteiger partial charge < -0.3 is 15.0 Å². The van der Waals surface area contributed by atoms with Gasteiger partial charge in [0.2, 0.25) is 11.8 Å². The van der Waals surface area contributed by atoms with Gasteiger partial charge in [0.05, 0.1) is 18.4 Å². The Morgan fingerprint density at radius 1 is 1.11 bits per heavy atom. The predicted molar refractivity (Wildman–Crippen MR) is 95.7 cm³/mol. The highest BCUT2D eigenvalue weighted by atomic mass is 19.4. The van der Waals surface area contributed by atoms with Crippen LogP contribution in [0, 0.1) is 0 Å². The van der Waals surface area contributed by atoms with E-state index in [-0.39, 0.29) is 18.7 Å². The Morgan fingerprint density at radius 3 is 2.44 bits per heavy atom. The molecule has 5 nitrogen and oxygen atoms in total. The SMILES string of the molecule is COc1ccccc1NC(=O)CCN(C(C)=O)c1cccc(C(F)(F)F)c1. The number of rotatable bonds is 6. The number of amides is 2. The summed E-state index contributed by atoms with van der Waals surface area (Å²) < 4.78 is 43.8. The number of anilines is 2. The quantitative estimate of drug-likeness (QED) is 0.821. The highest BCUT2D eigenvalue weighted by Gasteiger charge is 2.31. The van der Waals surface area contributed by atoms with E-state index >= 15 is 0 Å². The minimum atomic E-state index is -4.51. The molecule has 0 aliphatic rings. The topological polar surface area (TPSA) is 58.6 Å². The van der Waals surface area contributed by atoms with E-state index in [1.54, 1.807) is 24.3 Å². The lowest BCUT2D eigenvalue weighted by Gasteiger charge is -2.22. The number of alkyl halides is 3. The largest absolute Gasteiger partial charge is 0.495 e. The number of benzene rings is 2. The van der Waals surface area contributed by atoms with Crippen LogP contribution in [0.5, 0.6) is 5.75 Å². The number of methoxy groups -OCH3 is 1. The molecule has 2 aromatic carbocycles. The first-order chi connectivity index (χ1) is 12.7. The summed E-state index contributed by atoms with van der Waals surface area (Å²) in [5, 5.41) is 2.66. The van der Waals surface area contributed by atoms with Crippen LogP contribution < -0.4 is 15.0 Å². The zero-order valence-electron chi connectivity index (χ0n) is 14.8. The maximum absolute atomic E-state index is 12.9. The van der Waals surface area contributed by atoms with Crippen molar-refractivity contribution in [2.75, 3.05) is 23.9 Å². The third-order valence-corrected chi connectivity index (χ3v) is 3.81. The van der Waals surface area contributed by atoms with E-state index in [9.17, 15) is 22.8 Å². The molecule has 1 N–H and O–H groups in total. The number of nitrogens with one attached hydrogen (secondary N) is 1. The lowest BCUT2D eigenvalue weighted by molar-refractivity contribution is -0.137. The number of nitrogens with zero attached hydrogens (tertiary/aromatic N) is 1. The fourth-order valence-electron chi connectivity index (χ4n) is 2.49. The average molecular weight is 380 g/mol. The van der Waals surface area contributed by atoms with Gasteiger partial charge in [-0.15, -0.1) is 0 Å². The van der Waals surface area contributed by atoms with Crippen LogP contribution in [0.2, 0.25) is 0 Å². The zero-order chi connectivity index (χ0) is 20.0. The monoisotopic (exact) mass is 380 g/mol. The molecule has 0 aliphatic carbocycles. The predicted octanol–water partition coefficient (Wildman–Crippen LogP) is 4.10. The molecule has 0 unspecified atom stereocenters. The number of carbonyl (C=O) groups is 2. The molecule has 0 radical (unpaired) electrons. The highest BCUT2D eigenvalue weighted by Crippen LogP contribution is 2.31. The van der Waals surface area contributed by atoms with Crippen molar-refractivity contribution in [3.05, 3.63) is 54.1 Å². The summed E-state index contributed by atoms with van der Waals surface area (Å²) in [4.78, 5) is 25.2. The molecule has 2 amide bonds. The molecule has 2 rings (SSSR count). The van der Waals surface area contributed by atoms with Gasteiger partial charge in [0.15, 0.2) is 0 Å². The maximum atomic E-state index is 12.9. The molecular formula is C19H19F3N2O3. The van der Waals surface area contributed by atoms with Gasteiger partial charge >= 0.3 is 6.18 Å². The first-order valence-electron chi connectivity index (χ1n) is 8.10. The van der Waals surface area contributed by atoms with Crippen molar-refractivity contribution in [3.63, 3.8) is 0 Å². The van der Waals surface area contributed by atoms with Gasteiger partial charge in [-0.25, -0.2) is 0 Å². The lowest BCUT2D eigenvalue weighted by atomic mass is 10.1. The minimum absolute atomic E-state index is 0.0579. The Hall–Kier alpha value is -3.03. The van der Waals surface area contributed by atoms with Crippen molar-refractivity contribution in [1.29, 1.82) is 0 Å². The third-order valence-electron chi connectivity index (χ3n) is 3.81. The summed E-state index contributed by atoms with van der Waals surface area (Å²) >= 11 is 0. The molecule has 0 bridgehead atoms. The lowest BCUT2D eigenvalue weighted by Crippen LogP contribution is -2.32. The summed E-state index contributed by atoms with van der Waals surface area (Å²) in [6, 6.07) is 11.3. The molecule has 27 heavy (non-hydrogen) atoms. The molecular weight excluding hydrogens is 361 g/mol. The molecule has 0 spiro atoms. The summed E-state index contributed by atoms with van der Waals surface area (Å²) in [7, 11) is 1.47. The van der Waals surface area contributed by atoms with Crippen molar-refractivity contribution in [2.45, 2.75) is 19.5 Å². The maximum Gasteiger partial charge on any atom is 0.416 e. The van der Waals surface area contributed by atoms with E-state index < -0.39 is 23.6 Å². The van der Waals surface area contributed by atoms with Crippen molar-refractivity contribution >= 4 is 23.2 Å². The van der Waals surface area contributed by atoms with E-state index in [2.05, 4.69) is 5.32 Å². The van der Waals surface area contributed by atoms with Crippen LogP contribution in [0.25, 0.3) is 0 Å². The van der Waals surface area contributed by atoms with Gasteiger partial charge in [-0.05, 0) is 30.3 Å².